The van der Waals surface area contributed by atoms with Crippen molar-refractivity contribution >= 4 is 40.1 Å². The Labute approximate surface area is 180 Å². The number of thiazole rings is 1. The van der Waals surface area contributed by atoms with Crippen LogP contribution in [0, 0.1) is 0 Å². The third-order valence-corrected chi connectivity index (χ3v) is 5.77. The lowest BCUT2D eigenvalue weighted by Crippen LogP contribution is -2.27. The van der Waals surface area contributed by atoms with Crippen LogP contribution in [-0.2, 0) is 6.42 Å². The van der Waals surface area contributed by atoms with Crippen LogP contribution in [0.3, 0.4) is 0 Å². The number of methoxy groups -OCH3 is 1. The normalized spacial score (nSPS) is 12.1. The van der Waals surface area contributed by atoms with Crippen LogP contribution in [-0.4, -0.2) is 21.7 Å². The lowest BCUT2D eigenvalue weighted by molar-refractivity contribution is 0.414. The number of fused-ring (bicyclic) bond motifs is 1. The van der Waals surface area contributed by atoms with Crippen LogP contribution >= 0.6 is 22.9 Å². The van der Waals surface area contributed by atoms with E-state index >= 15 is 0 Å². The van der Waals surface area contributed by atoms with Crippen LogP contribution in [0.4, 0.5) is 0 Å². The Bertz CT molecular complexity index is 1430. The molecule has 6 nitrogen and oxygen atoms in total. The highest BCUT2D eigenvalue weighted by atomic mass is 35.5. The molecule has 4 rings (SSSR count). The molecule has 2 aromatic heterocycles. The van der Waals surface area contributed by atoms with Gasteiger partial charge >= 0.3 is 0 Å². The fourth-order valence-corrected chi connectivity index (χ4v) is 3.99. The minimum atomic E-state index is -0.465. The Morgan fingerprint density at radius 1 is 1.13 bits per heavy atom. The molecule has 0 aliphatic heterocycles. The van der Waals surface area contributed by atoms with Crippen LogP contribution < -0.4 is 20.4 Å². The summed E-state index contributed by atoms with van der Waals surface area (Å²) < 4.78 is 6.90. The molecule has 0 spiro atoms. The highest BCUT2D eigenvalue weighted by Gasteiger charge is 2.12. The standard InChI is InChI=1S/C22H16ClN3O3S/c1-29-18-11-5-3-7-14(18)9-6-12-19-21(28)26-22(30-19)24-20(27)17(25-26)13-15-8-2-4-10-16(15)23/h2-12H,13H2,1H3/b9-6+,19-12?. The quantitative estimate of drug-likeness (QED) is 0.480. The van der Waals surface area contributed by atoms with Crippen LogP contribution in [0.15, 0.2) is 64.2 Å². The number of para-hydroxylation sites is 1. The second-order valence-corrected chi connectivity index (χ2v) is 7.78. The van der Waals surface area contributed by atoms with Gasteiger partial charge in [0.05, 0.1) is 11.6 Å². The smallest absolute Gasteiger partial charge is 0.296 e. The molecule has 0 atom stereocenters. The number of nitrogens with zero attached hydrogens (tertiary/aromatic N) is 3. The van der Waals surface area contributed by atoms with Gasteiger partial charge in [0.15, 0.2) is 0 Å². The van der Waals surface area contributed by atoms with E-state index in [1.54, 1.807) is 25.3 Å². The molecule has 0 N–H and O–H groups in total. The van der Waals surface area contributed by atoms with Gasteiger partial charge < -0.3 is 4.74 Å². The summed E-state index contributed by atoms with van der Waals surface area (Å²) in [7, 11) is 1.60. The summed E-state index contributed by atoms with van der Waals surface area (Å²) in [5, 5.41) is 4.78. The molecular weight excluding hydrogens is 422 g/mol. The lowest BCUT2D eigenvalue weighted by atomic mass is 10.1. The summed E-state index contributed by atoms with van der Waals surface area (Å²) in [6.45, 7) is 0. The molecule has 0 aliphatic carbocycles. The topological polar surface area (TPSA) is 73.6 Å². The first kappa shape index (κ1) is 20.0. The van der Waals surface area contributed by atoms with E-state index in [4.69, 9.17) is 16.3 Å². The van der Waals surface area contributed by atoms with Crippen LogP contribution in [0.1, 0.15) is 16.8 Å². The fourth-order valence-electron chi connectivity index (χ4n) is 2.93. The largest absolute Gasteiger partial charge is 0.496 e. The second-order valence-electron chi connectivity index (χ2n) is 6.37. The van der Waals surface area contributed by atoms with Gasteiger partial charge in [-0.05, 0) is 23.8 Å². The summed E-state index contributed by atoms with van der Waals surface area (Å²) in [5.41, 5.74) is 1.02. The molecule has 0 radical (unpaired) electrons. The Balaban J connectivity index is 1.71. The number of ether oxygens (including phenoxy) is 1. The molecule has 2 aromatic carbocycles. The fraction of sp³-hybridized carbons (Fsp3) is 0.0909. The van der Waals surface area contributed by atoms with Crippen molar-refractivity contribution in [3.63, 3.8) is 0 Å². The van der Waals surface area contributed by atoms with Crippen molar-refractivity contribution in [2.75, 3.05) is 7.11 Å². The Morgan fingerprint density at radius 3 is 2.70 bits per heavy atom. The monoisotopic (exact) mass is 437 g/mol. The van der Waals surface area contributed by atoms with Crippen LogP contribution in [0.5, 0.6) is 5.75 Å². The van der Waals surface area contributed by atoms with Gasteiger partial charge in [-0.1, -0.05) is 71.5 Å². The van der Waals surface area contributed by atoms with Gasteiger partial charge in [-0.25, -0.2) is 0 Å². The maximum absolute atomic E-state index is 12.7. The number of hydrogen-bond acceptors (Lipinski definition) is 6. The van der Waals surface area contributed by atoms with Gasteiger partial charge in [0.1, 0.15) is 11.4 Å². The van der Waals surface area contributed by atoms with Gasteiger partial charge in [0.2, 0.25) is 4.96 Å². The molecule has 0 aliphatic rings. The van der Waals surface area contributed by atoms with Crippen molar-refractivity contribution in [3.05, 3.63) is 102 Å². The van der Waals surface area contributed by atoms with E-state index in [9.17, 15) is 9.59 Å². The molecule has 0 fully saturated rings. The first-order valence-electron chi connectivity index (χ1n) is 9.04. The number of benzene rings is 2. The van der Waals surface area contributed by atoms with Gasteiger partial charge in [0, 0.05) is 17.0 Å². The predicted octanol–water partition coefficient (Wildman–Crippen LogP) is 2.98. The summed E-state index contributed by atoms with van der Waals surface area (Å²) in [4.78, 5) is 29.4. The minimum absolute atomic E-state index is 0.173. The van der Waals surface area contributed by atoms with Crippen LogP contribution in [0.25, 0.3) is 17.1 Å². The van der Waals surface area contributed by atoms with Crippen molar-refractivity contribution in [3.8, 4) is 5.75 Å². The third-order valence-electron chi connectivity index (χ3n) is 4.43. The molecule has 0 saturated heterocycles. The van der Waals surface area contributed by atoms with E-state index in [2.05, 4.69) is 10.1 Å². The number of allylic oxidation sites excluding steroid dienone is 1. The highest BCUT2D eigenvalue weighted by Crippen LogP contribution is 2.19. The summed E-state index contributed by atoms with van der Waals surface area (Å²) >= 11 is 7.29. The summed E-state index contributed by atoms with van der Waals surface area (Å²) in [6, 6.07) is 14.7. The molecule has 0 unspecified atom stereocenters. The molecule has 0 bridgehead atoms. The molecule has 2 heterocycles. The molecule has 150 valence electrons. The van der Waals surface area contributed by atoms with Crippen LogP contribution in [0.2, 0.25) is 5.02 Å². The Morgan fingerprint density at radius 2 is 1.90 bits per heavy atom. The lowest BCUT2D eigenvalue weighted by Gasteiger charge is -2.02. The first-order valence-corrected chi connectivity index (χ1v) is 10.2. The average Bonchev–Trinajstić information content (AvgIpc) is 3.05. The van der Waals surface area contributed by atoms with Gasteiger partial charge in [0.25, 0.3) is 11.1 Å². The van der Waals surface area contributed by atoms with Gasteiger partial charge in [-0.2, -0.15) is 14.6 Å². The van der Waals surface area contributed by atoms with E-state index in [1.165, 1.54) is 4.52 Å². The average molecular weight is 438 g/mol. The maximum Gasteiger partial charge on any atom is 0.296 e. The van der Waals surface area contributed by atoms with E-state index in [0.717, 1.165) is 28.2 Å². The second kappa shape index (κ2) is 8.61. The highest BCUT2D eigenvalue weighted by molar-refractivity contribution is 7.15. The Hall–Kier alpha value is -3.29. The Kier molecular flexibility index (Phi) is 5.74. The summed E-state index contributed by atoms with van der Waals surface area (Å²) in [6.07, 6.45) is 5.48. The van der Waals surface area contributed by atoms with Crippen molar-refractivity contribution in [2.24, 2.45) is 0 Å². The molecule has 0 amide bonds. The molecule has 0 saturated carbocycles. The predicted molar refractivity (Wildman–Crippen MR) is 119 cm³/mol. The number of rotatable bonds is 5. The zero-order valence-electron chi connectivity index (χ0n) is 15.9. The third kappa shape index (κ3) is 4.03. The van der Waals surface area contributed by atoms with Crippen molar-refractivity contribution < 1.29 is 4.74 Å². The van der Waals surface area contributed by atoms with E-state index in [1.807, 2.05) is 48.5 Å². The SMILES string of the molecule is COc1ccccc1/C=C/C=c1sc2nc(=O)c(Cc3ccccc3Cl)nn2c1=O. The zero-order valence-corrected chi connectivity index (χ0v) is 17.5. The summed E-state index contributed by atoms with van der Waals surface area (Å²) in [5.74, 6) is 0.735. The number of hydrogen-bond donors (Lipinski definition) is 0. The van der Waals surface area contributed by atoms with E-state index in [-0.39, 0.29) is 22.6 Å². The maximum atomic E-state index is 12.7. The first-order chi connectivity index (χ1) is 14.6. The zero-order chi connectivity index (χ0) is 21.1. The van der Waals surface area contributed by atoms with Gasteiger partial charge in [-0.3, -0.25) is 9.59 Å². The number of halogens is 1. The molecular formula is C22H16ClN3O3S. The van der Waals surface area contributed by atoms with E-state index < -0.39 is 5.56 Å². The van der Waals surface area contributed by atoms with Crippen molar-refractivity contribution in [1.29, 1.82) is 0 Å². The minimum Gasteiger partial charge on any atom is -0.496 e. The molecule has 4 aromatic rings. The molecule has 30 heavy (non-hydrogen) atoms. The van der Waals surface area contributed by atoms with Crippen molar-refractivity contribution in [2.45, 2.75) is 6.42 Å². The van der Waals surface area contributed by atoms with Crippen molar-refractivity contribution in [1.82, 2.24) is 14.6 Å². The van der Waals surface area contributed by atoms with E-state index in [0.29, 0.717) is 9.55 Å². The van der Waals surface area contributed by atoms with Gasteiger partial charge in [-0.15, -0.1) is 0 Å². The number of aromatic nitrogens is 3. The molecule has 8 heteroatoms.